The molecule has 6 heteroatoms. The number of hydrogen-bond acceptors (Lipinski definition) is 4. The third-order valence-corrected chi connectivity index (χ3v) is 5.41. The summed E-state index contributed by atoms with van der Waals surface area (Å²) in [5, 5.41) is 4.53. The lowest BCUT2D eigenvalue weighted by Gasteiger charge is -2.18. The van der Waals surface area contributed by atoms with E-state index in [1.54, 1.807) is 17.0 Å². The Morgan fingerprint density at radius 2 is 1.86 bits per heavy atom. The highest BCUT2D eigenvalue weighted by Crippen LogP contribution is 2.29. The average Bonchev–Trinajstić information content (AvgIpc) is 3.22. The minimum Gasteiger partial charge on any atom is -0.279 e. The van der Waals surface area contributed by atoms with Crippen LogP contribution in [0, 0.1) is 0 Å². The summed E-state index contributed by atoms with van der Waals surface area (Å²) in [6.45, 7) is 4.10. The lowest BCUT2D eigenvalue weighted by Crippen LogP contribution is -2.31. The minimum absolute atomic E-state index is 0.262. The van der Waals surface area contributed by atoms with Crippen molar-refractivity contribution in [1.82, 2.24) is 9.97 Å². The van der Waals surface area contributed by atoms with Crippen LogP contribution in [0.2, 0.25) is 5.15 Å². The Bertz CT molecular complexity index is 1160. The van der Waals surface area contributed by atoms with E-state index in [0.717, 1.165) is 22.0 Å². The molecule has 0 N–H and O–H groups in total. The maximum absolute atomic E-state index is 13.2. The zero-order valence-corrected chi connectivity index (χ0v) is 16.5. The molecule has 4 aromatic rings. The van der Waals surface area contributed by atoms with Gasteiger partial charge in [0.05, 0.1) is 5.69 Å². The summed E-state index contributed by atoms with van der Waals surface area (Å²) in [5.41, 5.74) is 2.11. The number of carbonyl (C=O) groups is 1. The molecule has 4 nitrogen and oxygen atoms in total. The van der Waals surface area contributed by atoms with Gasteiger partial charge in [-0.05, 0) is 11.5 Å². The third kappa shape index (κ3) is 3.54. The monoisotopic (exact) mass is 405 g/mol. The van der Waals surface area contributed by atoms with Gasteiger partial charge in [0.25, 0.3) is 5.91 Å². The molecule has 0 bridgehead atoms. The Hall–Kier alpha value is -3.02. The highest BCUT2D eigenvalue weighted by atomic mass is 35.5. The molecule has 2 heterocycles. The summed E-state index contributed by atoms with van der Waals surface area (Å²) in [4.78, 5) is 23.7. The van der Waals surface area contributed by atoms with Crippen molar-refractivity contribution in [3.05, 3.63) is 89.5 Å². The van der Waals surface area contributed by atoms with Crippen LogP contribution in [0.5, 0.6) is 0 Å². The van der Waals surface area contributed by atoms with E-state index in [1.165, 1.54) is 11.3 Å². The van der Waals surface area contributed by atoms with Crippen molar-refractivity contribution in [1.29, 1.82) is 0 Å². The molecule has 0 saturated carbocycles. The lowest BCUT2D eigenvalue weighted by molar-refractivity contribution is 0.0985. The Balaban J connectivity index is 1.71. The molecule has 0 saturated heterocycles. The van der Waals surface area contributed by atoms with Crippen LogP contribution in [-0.4, -0.2) is 22.4 Å². The molecule has 0 unspecified atom stereocenters. The topological polar surface area (TPSA) is 46.1 Å². The van der Waals surface area contributed by atoms with Gasteiger partial charge >= 0.3 is 0 Å². The van der Waals surface area contributed by atoms with E-state index < -0.39 is 0 Å². The predicted octanol–water partition coefficient (Wildman–Crippen LogP) is 5.84. The summed E-state index contributed by atoms with van der Waals surface area (Å²) in [6.07, 6.45) is 1.67. The first-order chi connectivity index (χ1) is 13.7. The Morgan fingerprint density at radius 3 is 2.64 bits per heavy atom. The van der Waals surface area contributed by atoms with Crippen molar-refractivity contribution in [2.45, 2.75) is 0 Å². The zero-order valence-electron chi connectivity index (χ0n) is 14.9. The van der Waals surface area contributed by atoms with Crippen LogP contribution < -0.4 is 4.90 Å². The van der Waals surface area contributed by atoms with Crippen LogP contribution in [0.1, 0.15) is 10.5 Å². The van der Waals surface area contributed by atoms with E-state index >= 15 is 0 Å². The molecular weight excluding hydrogens is 390 g/mol. The van der Waals surface area contributed by atoms with Gasteiger partial charge in [-0.3, -0.25) is 9.69 Å². The van der Waals surface area contributed by atoms with E-state index in [1.807, 2.05) is 60.0 Å². The first kappa shape index (κ1) is 18.3. The highest BCUT2D eigenvalue weighted by Gasteiger charge is 2.22. The summed E-state index contributed by atoms with van der Waals surface area (Å²) in [5.74, 6) is -0.262. The van der Waals surface area contributed by atoms with Crippen LogP contribution in [0.15, 0.2) is 78.7 Å². The van der Waals surface area contributed by atoms with E-state index in [0.29, 0.717) is 16.8 Å². The number of aromatic nitrogens is 2. The molecule has 2 aromatic heterocycles. The van der Waals surface area contributed by atoms with Crippen molar-refractivity contribution < 1.29 is 4.79 Å². The maximum Gasteiger partial charge on any atom is 0.279 e. The van der Waals surface area contributed by atoms with Gasteiger partial charge in [-0.25, -0.2) is 9.97 Å². The predicted molar refractivity (Wildman–Crippen MR) is 116 cm³/mol. The van der Waals surface area contributed by atoms with E-state index in [2.05, 4.69) is 16.5 Å². The number of carbonyl (C=O) groups excluding carboxylic acids is 1. The average molecular weight is 406 g/mol. The Morgan fingerprint density at radius 1 is 1.11 bits per heavy atom. The van der Waals surface area contributed by atoms with Gasteiger partial charge in [0.15, 0.2) is 5.13 Å². The molecule has 0 aliphatic rings. The lowest BCUT2D eigenvalue weighted by atomic mass is 10.1. The fraction of sp³-hybridized carbons (Fsp3) is 0.0455. The Kier molecular flexibility index (Phi) is 5.19. The number of amides is 1. The van der Waals surface area contributed by atoms with Gasteiger partial charge in [-0.1, -0.05) is 72.3 Å². The summed E-state index contributed by atoms with van der Waals surface area (Å²) >= 11 is 7.71. The van der Waals surface area contributed by atoms with Gasteiger partial charge in [-0.15, -0.1) is 17.9 Å². The van der Waals surface area contributed by atoms with Crippen molar-refractivity contribution in [2.75, 3.05) is 11.4 Å². The SMILES string of the molecule is C=CCN(C(=O)c1cc2ccccc2c(Cl)n1)c1nc(-c2ccccc2)cs1. The summed E-state index contributed by atoms with van der Waals surface area (Å²) in [7, 11) is 0. The highest BCUT2D eigenvalue weighted by molar-refractivity contribution is 7.14. The van der Waals surface area contributed by atoms with Crippen molar-refractivity contribution in [3.63, 3.8) is 0 Å². The van der Waals surface area contributed by atoms with Gasteiger partial charge in [-0.2, -0.15) is 0 Å². The number of nitrogens with zero attached hydrogens (tertiary/aromatic N) is 3. The largest absolute Gasteiger partial charge is 0.279 e. The minimum atomic E-state index is -0.262. The fourth-order valence-electron chi connectivity index (χ4n) is 2.91. The van der Waals surface area contributed by atoms with Crippen LogP contribution in [0.3, 0.4) is 0 Å². The number of halogens is 1. The van der Waals surface area contributed by atoms with Crippen molar-refractivity contribution >= 4 is 44.7 Å². The zero-order chi connectivity index (χ0) is 19.5. The summed E-state index contributed by atoms with van der Waals surface area (Å²) < 4.78 is 0. The van der Waals surface area contributed by atoms with Crippen LogP contribution in [0.4, 0.5) is 5.13 Å². The van der Waals surface area contributed by atoms with Crippen molar-refractivity contribution in [3.8, 4) is 11.3 Å². The molecule has 0 aliphatic carbocycles. The van der Waals surface area contributed by atoms with Gasteiger partial charge < -0.3 is 0 Å². The first-order valence-electron chi connectivity index (χ1n) is 8.66. The molecule has 28 heavy (non-hydrogen) atoms. The molecule has 0 atom stereocenters. The van der Waals surface area contributed by atoms with E-state index in [4.69, 9.17) is 11.6 Å². The number of thiazole rings is 1. The molecule has 0 fully saturated rings. The smallest absolute Gasteiger partial charge is 0.279 e. The molecular formula is C22H16ClN3OS. The quantitative estimate of drug-likeness (QED) is 0.309. The second-order valence-corrected chi connectivity index (χ2v) is 7.30. The number of benzene rings is 2. The number of hydrogen-bond donors (Lipinski definition) is 0. The first-order valence-corrected chi connectivity index (χ1v) is 9.92. The molecule has 1 amide bonds. The molecule has 2 aromatic carbocycles. The van der Waals surface area contributed by atoms with Crippen molar-refractivity contribution in [2.24, 2.45) is 0 Å². The number of pyridine rings is 1. The van der Waals surface area contributed by atoms with Crippen LogP contribution in [-0.2, 0) is 0 Å². The Labute approximate surface area is 171 Å². The van der Waals surface area contributed by atoms with Crippen LogP contribution in [0.25, 0.3) is 22.0 Å². The van der Waals surface area contributed by atoms with E-state index in [-0.39, 0.29) is 11.6 Å². The molecule has 138 valence electrons. The number of fused-ring (bicyclic) bond motifs is 1. The maximum atomic E-state index is 13.2. The van der Waals surface area contributed by atoms with Gasteiger partial charge in [0, 0.05) is 22.9 Å². The second kappa shape index (κ2) is 7.92. The third-order valence-electron chi connectivity index (χ3n) is 4.26. The second-order valence-electron chi connectivity index (χ2n) is 6.11. The standard InChI is InChI=1S/C22H16ClN3OS/c1-2-12-26(22-25-19(14-28-22)15-8-4-3-5-9-15)21(27)18-13-16-10-6-7-11-17(16)20(23)24-18/h2-11,13-14H,1,12H2. The number of anilines is 1. The number of rotatable bonds is 5. The van der Waals surface area contributed by atoms with Gasteiger partial charge in [0.2, 0.25) is 0 Å². The molecule has 0 radical (unpaired) electrons. The summed E-state index contributed by atoms with van der Waals surface area (Å²) in [6, 6.07) is 19.2. The molecule has 0 spiro atoms. The van der Waals surface area contributed by atoms with Crippen LogP contribution >= 0.6 is 22.9 Å². The van der Waals surface area contributed by atoms with Gasteiger partial charge in [0.1, 0.15) is 10.8 Å². The van der Waals surface area contributed by atoms with E-state index in [9.17, 15) is 4.79 Å². The fourth-order valence-corrected chi connectivity index (χ4v) is 4.02. The molecule has 0 aliphatic heterocycles. The normalized spacial score (nSPS) is 10.8. The molecule has 4 rings (SSSR count).